The third-order valence-electron chi connectivity index (χ3n) is 5.25. The number of nitrogens with two attached hydrogens (primary N) is 1. The highest BCUT2D eigenvalue weighted by Gasteiger charge is 2.21. The maximum absolute atomic E-state index is 8.85. The van der Waals surface area contributed by atoms with Gasteiger partial charge in [-0.1, -0.05) is 37.6 Å². The summed E-state index contributed by atoms with van der Waals surface area (Å²) < 4.78 is 10.7. The second-order valence-corrected chi connectivity index (χ2v) is 7.27. The first-order chi connectivity index (χ1) is 15.0. The number of nitrogens with one attached hydrogen (secondary N) is 2. The van der Waals surface area contributed by atoms with E-state index in [1.807, 2.05) is 12.1 Å². The SMILES string of the molecule is CCCC(Nc1ncnc(N)c1C(=N)c1ccc(OC)c(OC)c1)c1ccccc1C. The molecule has 0 fully saturated rings. The van der Waals surface area contributed by atoms with Gasteiger partial charge in [0.25, 0.3) is 0 Å². The molecule has 2 aromatic carbocycles. The zero-order valence-electron chi connectivity index (χ0n) is 18.4. The second-order valence-electron chi connectivity index (χ2n) is 7.27. The summed E-state index contributed by atoms with van der Waals surface area (Å²) >= 11 is 0. The monoisotopic (exact) mass is 419 g/mol. The Hall–Kier alpha value is -3.61. The number of methoxy groups -OCH3 is 2. The molecule has 0 aliphatic carbocycles. The predicted octanol–water partition coefficient (Wildman–Crippen LogP) is 4.75. The molecule has 1 atom stereocenters. The van der Waals surface area contributed by atoms with Crippen molar-refractivity contribution in [2.45, 2.75) is 32.7 Å². The third-order valence-corrected chi connectivity index (χ3v) is 5.25. The van der Waals surface area contributed by atoms with Crippen LogP contribution in [0.25, 0.3) is 0 Å². The lowest BCUT2D eigenvalue weighted by molar-refractivity contribution is 0.355. The van der Waals surface area contributed by atoms with Crippen LogP contribution >= 0.6 is 0 Å². The number of anilines is 2. The molecule has 7 heteroatoms. The van der Waals surface area contributed by atoms with Crippen molar-refractivity contribution < 1.29 is 9.47 Å². The molecule has 0 radical (unpaired) electrons. The van der Waals surface area contributed by atoms with E-state index in [2.05, 4.69) is 41.3 Å². The minimum Gasteiger partial charge on any atom is -0.493 e. The first kappa shape index (κ1) is 22.1. The molecule has 1 heterocycles. The Balaban J connectivity index is 2.02. The molecule has 0 spiro atoms. The van der Waals surface area contributed by atoms with Crippen LogP contribution in [-0.2, 0) is 0 Å². The Morgan fingerprint density at radius 2 is 1.84 bits per heavy atom. The third kappa shape index (κ3) is 4.77. The molecule has 0 saturated heterocycles. The number of nitrogen functional groups attached to an aromatic ring is 1. The largest absolute Gasteiger partial charge is 0.493 e. The van der Waals surface area contributed by atoms with E-state index < -0.39 is 0 Å². The van der Waals surface area contributed by atoms with E-state index in [9.17, 15) is 0 Å². The van der Waals surface area contributed by atoms with Gasteiger partial charge in [0.05, 0.1) is 31.5 Å². The van der Waals surface area contributed by atoms with E-state index in [0.29, 0.717) is 28.4 Å². The van der Waals surface area contributed by atoms with Gasteiger partial charge in [-0.2, -0.15) is 0 Å². The average Bonchev–Trinajstić information content (AvgIpc) is 2.78. The number of benzene rings is 2. The van der Waals surface area contributed by atoms with Crippen molar-refractivity contribution in [3.05, 3.63) is 71.0 Å². The first-order valence-corrected chi connectivity index (χ1v) is 10.2. The van der Waals surface area contributed by atoms with Crippen LogP contribution in [-0.4, -0.2) is 29.9 Å². The fourth-order valence-electron chi connectivity index (χ4n) is 3.63. The van der Waals surface area contributed by atoms with Gasteiger partial charge in [0.2, 0.25) is 0 Å². The van der Waals surface area contributed by atoms with Crippen molar-refractivity contribution >= 4 is 17.3 Å². The summed E-state index contributed by atoms with van der Waals surface area (Å²) in [5, 5.41) is 12.4. The minimum atomic E-state index is 0.0393. The van der Waals surface area contributed by atoms with Crippen LogP contribution in [0.5, 0.6) is 11.5 Å². The van der Waals surface area contributed by atoms with Gasteiger partial charge in [0.1, 0.15) is 18.0 Å². The van der Waals surface area contributed by atoms with E-state index in [-0.39, 0.29) is 17.6 Å². The van der Waals surface area contributed by atoms with E-state index in [1.54, 1.807) is 32.4 Å². The van der Waals surface area contributed by atoms with Crippen molar-refractivity contribution in [3.63, 3.8) is 0 Å². The van der Waals surface area contributed by atoms with Gasteiger partial charge in [-0.05, 0) is 42.7 Å². The van der Waals surface area contributed by atoms with Gasteiger partial charge < -0.3 is 20.5 Å². The molecule has 0 aliphatic rings. The Kier molecular flexibility index (Phi) is 7.07. The summed E-state index contributed by atoms with van der Waals surface area (Å²) in [6.07, 6.45) is 3.33. The zero-order valence-corrected chi connectivity index (χ0v) is 18.4. The average molecular weight is 420 g/mol. The lowest BCUT2D eigenvalue weighted by Crippen LogP contribution is -2.18. The molecular weight excluding hydrogens is 390 g/mol. The highest BCUT2D eigenvalue weighted by atomic mass is 16.5. The second kappa shape index (κ2) is 9.93. The summed E-state index contributed by atoms with van der Waals surface area (Å²) in [6, 6.07) is 13.6. The molecule has 31 heavy (non-hydrogen) atoms. The number of hydrogen-bond acceptors (Lipinski definition) is 7. The maximum Gasteiger partial charge on any atom is 0.161 e. The fraction of sp³-hybridized carbons (Fsp3) is 0.292. The van der Waals surface area contributed by atoms with Gasteiger partial charge in [0, 0.05) is 5.56 Å². The summed E-state index contributed by atoms with van der Waals surface area (Å²) in [5.74, 6) is 1.92. The van der Waals surface area contributed by atoms with Crippen LogP contribution in [0.3, 0.4) is 0 Å². The van der Waals surface area contributed by atoms with Crippen LogP contribution in [0.1, 0.15) is 48.1 Å². The van der Waals surface area contributed by atoms with E-state index in [0.717, 1.165) is 12.8 Å². The fourth-order valence-corrected chi connectivity index (χ4v) is 3.63. The van der Waals surface area contributed by atoms with Gasteiger partial charge in [-0.15, -0.1) is 0 Å². The molecular formula is C24H29N5O2. The molecule has 1 aromatic heterocycles. The predicted molar refractivity (Wildman–Crippen MR) is 124 cm³/mol. The van der Waals surface area contributed by atoms with Gasteiger partial charge in [0.15, 0.2) is 11.5 Å². The van der Waals surface area contributed by atoms with Gasteiger partial charge >= 0.3 is 0 Å². The van der Waals surface area contributed by atoms with E-state index >= 15 is 0 Å². The van der Waals surface area contributed by atoms with Crippen molar-refractivity contribution in [3.8, 4) is 11.5 Å². The number of ether oxygens (including phenoxy) is 2. The van der Waals surface area contributed by atoms with Crippen molar-refractivity contribution in [2.75, 3.05) is 25.3 Å². The Morgan fingerprint density at radius 1 is 1.10 bits per heavy atom. The van der Waals surface area contributed by atoms with Crippen LogP contribution in [0, 0.1) is 12.3 Å². The molecule has 0 amide bonds. The number of rotatable bonds is 9. The molecule has 3 rings (SSSR count). The number of nitrogens with zero attached hydrogens (tertiary/aromatic N) is 2. The van der Waals surface area contributed by atoms with E-state index in [1.165, 1.54) is 17.5 Å². The normalized spacial score (nSPS) is 11.6. The lowest BCUT2D eigenvalue weighted by Gasteiger charge is -2.23. The Morgan fingerprint density at radius 3 is 2.52 bits per heavy atom. The molecule has 4 N–H and O–H groups in total. The lowest BCUT2D eigenvalue weighted by atomic mass is 9.97. The van der Waals surface area contributed by atoms with Crippen LogP contribution in [0.4, 0.5) is 11.6 Å². The number of aryl methyl sites for hydroxylation is 1. The molecule has 7 nitrogen and oxygen atoms in total. The number of aromatic nitrogens is 2. The molecule has 0 bridgehead atoms. The smallest absolute Gasteiger partial charge is 0.161 e. The minimum absolute atomic E-state index is 0.0393. The van der Waals surface area contributed by atoms with Gasteiger partial charge in [-0.3, -0.25) is 5.41 Å². The molecule has 0 saturated carbocycles. The summed E-state index contributed by atoms with van der Waals surface area (Å²) in [6.45, 7) is 4.24. The van der Waals surface area contributed by atoms with Crippen LogP contribution in [0.2, 0.25) is 0 Å². The van der Waals surface area contributed by atoms with E-state index in [4.69, 9.17) is 20.6 Å². The van der Waals surface area contributed by atoms with Crippen LogP contribution in [0.15, 0.2) is 48.8 Å². The highest BCUT2D eigenvalue weighted by molar-refractivity contribution is 6.16. The highest BCUT2D eigenvalue weighted by Crippen LogP contribution is 2.32. The molecule has 162 valence electrons. The van der Waals surface area contributed by atoms with Crippen molar-refractivity contribution in [1.82, 2.24) is 9.97 Å². The van der Waals surface area contributed by atoms with Gasteiger partial charge in [-0.25, -0.2) is 9.97 Å². The zero-order chi connectivity index (χ0) is 22.4. The Labute approximate surface area is 183 Å². The molecule has 3 aromatic rings. The topological polar surface area (TPSA) is 106 Å². The summed E-state index contributed by atoms with van der Waals surface area (Å²) in [4.78, 5) is 8.58. The molecule has 0 aliphatic heterocycles. The standard InChI is InChI=1S/C24H29N5O2/c1-5-8-18(17-10-7-6-9-15(17)2)29-24-21(23(26)27-14-28-24)22(25)16-11-12-19(30-3)20(13-16)31-4/h6-7,9-14,18,25H,5,8H2,1-4H3,(H3,26,27,28,29). The van der Waals surface area contributed by atoms with Crippen molar-refractivity contribution in [2.24, 2.45) is 0 Å². The quantitative estimate of drug-likeness (QED) is 0.432. The summed E-state index contributed by atoms with van der Waals surface area (Å²) in [5.41, 5.74) is 9.92. The molecule has 1 unspecified atom stereocenters. The first-order valence-electron chi connectivity index (χ1n) is 10.2. The maximum atomic E-state index is 8.85. The van der Waals surface area contributed by atoms with Crippen LogP contribution < -0.4 is 20.5 Å². The number of hydrogen-bond donors (Lipinski definition) is 3. The Bertz CT molecular complexity index is 1070. The summed E-state index contributed by atoms with van der Waals surface area (Å²) in [7, 11) is 3.14. The van der Waals surface area contributed by atoms with Crippen molar-refractivity contribution in [1.29, 1.82) is 5.41 Å².